The van der Waals surface area contributed by atoms with Crippen molar-refractivity contribution < 1.29 is 23.9 Å². The van der Waals surface area contributed by atoms with Crippen molar-refractivity contribution in [3.05, 3.63) is 65.7 Å². The normalized spacial score (nSPS) is 10.2. The van der Waals surface area contributed by atoms with Crippen LogP contribution in [0.1, 0.15) is 34.6 Å². The van der Waals surface area contributed by atoms with Gasteiger partial charge in [-0.1, -0.05) is 30.3 Å². The van der Waals surface area contributed by atoms with E-state index in [2.05, 4.69) is 10.6 Å². The molecule has 0 heterocycles. The number of hydrogen-bond donors (Lipinski definition) is 2. The first kappa shape index (κ1) is 21.6. The molecule has 0 unspecified atom stereocenters. The third kappa shape index (κ3) is 6.17. The largest absolute Gasteiger partial charge is 0.452 e. The number of anilines is 1. The SMILES string of the molecule is CC(C)NC(=O)NC(=O)COC(=O)c1ccccc1C(=O)N(C)c1ccccc1. The van der Waals surface area contributed by atoms with Crippen LogP contribution in [-0.4, -0.2) is 43.5 Å². The number of carbonyl (C=O) groups excluding carboxylic acids is 4. The molecule has 2 aromatic carbocycles. The number of nitrogens with zero attached hydrogens (tertiary/aromatic N) is 1. The number of imide groups is 1. The summed E-state index contributed by atoms with van der Waals surface area (Å²) in [7, 11) is 1.60. The predicted octanol–water partition coefficient (Wildman–Crippen LogP) is 2.35. The van der Waals surface area contributed by atoms with E-state index in [1.807, 2.05) is 6.07 Å². The first-order chi connectivity index (χ1) is 13.8. The van der Waals surface area contributed by atoms with Crippen LogP contribution >= 0.6 is 0 Å². The number of benzene rings is 2. The summed E-state index contributed by atoms with van der Waals surface area (Å²) in [5.74, 6) is -2.01. The van der Waals surface area contributed by atoms with Crippen molar-refractivity contribution in [1.82, 2.24) is 10.6 Å². The standard InChI is InChI=1S/C21H23N3O5/c1-14(2)22-21(28)23-18(25)13-29-20(27)17-12-8-7-11-16(17)19(26)24(3)15-9-5-4-6-10-15/h4-12,14H,13H2,1-3H3,(H2,22,23,25,28). The van der Waals surface area contributed by atoms with Gasteiger partial charge in [0.1, 0.15) is 0 Å². The summed E-state index contributed by atoms with van der Waals surface area (Å²) in [6, 6.07) is 14.3. The van der Waals surface area contributed by atoms with Gasteiger partial charge < -0.3 is 15.0 Å². The van der Waals surface area contributed by atoms with Crippen molar-refractivity contribution in [3.8, 4) is 0 Å². The van der Waals surface area contributed by atoms with Gasteiger partial charge in [-0.3, -0.25) is 14.9 Å². The molecule has 0 bridgehead atoms. The molecule has 8 nitrogen and oxygen atoms in total. The Morgan fingerprint density at radius 2 is 1.52 bits per heavy atom. The third-order valence-corrected chi connectivity index (χ3v) is 3.83. The van der Waals surface area contributed by atoms with Crippen LogP contribution in [0.2, 0.25) is 0 Å². The molecule has 2 aromatic rings. The van der Waals surface area contributed by atoms with E-state index in [1.54, 1.807) is 57.3 Å². The smallest absolute Gasteiger partial charge is 0.339 e. The van der Waals surface area contributed by atoms with Crippen LogP contribution in [-0.2, 0) is 9.53 Å². The number of carbonyl (C=O) groups is 4. The Morgan fingerprint density at radius 3 is 2.14 bits per heavy atom. The summed E-state index contributed by atoms with van der Waals surface area (Å²) in [5, 5.41) is 4.54. The Kier molecular flexibility index (Phi) is 7.47. The molecule has 0 aromatic heterocycles. The average Bonchev–Trinajstić information content (AvgIpc) is 2.71. The van der Waals surface area contributed by atoms with Crippen molar-refractivity contribution in [2.45, 2.75) is 19.9 Å². The molecule has 0 radical (unpaired) electrons. The monoisotopic (exact) mass is 397 g/mol. The molecule has 0 atom stereocenters. The van der Waals surface area contributed by atoms with Crippen LogP contribution < -0.4 is 15.5 Å². The number of esters is 1. The van der Waals surface area contributed by atoms with Crippen LogP contribution in [0.4, 0.5) is 10.5 Å². The highest BCUT2D eigenvalue weighted by Crippen LogP contribution is 2.18. The van der Waals surface area contributed by atoms with Gasteiger partial charge in [-0.15, -0.1) is 0 Å². The van der Waals surface area contributed by atoms with Gasteiger partial charge in [0.05, 0.1) is 11.1 Å². The molecular weight excluding hydrogens is 374 g/mol. The lowest BCUT2D eigenvalue weighted by molar-refractivity contribution is -0.123. The number of ether oxygens (including phenoxy) is 1. The maximum Gasteiger partial charge on any atom is 0.339 e. The van der Waals surface area contributed by atoms with Gasteiger partial charge in [0, 0.05) is 18.8 Å². The van der Waals surface area contributed by atoms with E-state index in [0.717, 1.165) is 0 Å². The van der Waals surface area contributed by atoms with E-state index < -0.39 is 30.4 Å². The minimum atomic E-state index is -0.838. The second-order valence-corrected chi connectivity index (χ2v) is 6.50. The molecule has 152 valence electrons. The summed E-state index contributed by atoms with van der Waals surface area (Å²) in [6.45, 7) is 2.83. The van der Waals surface area contributed by atoms with Crippen molar-refractivity contribution >= 4 is 29.5 Å². The second-order valence-electron chi connectivity index (χ2n) is 6.50. The quantitative estimate of drug-likeness (QED) is 0.728. The molecular formula is C21H23N3O5. The summed E-state index contributed by atoms with van der Waals surface area (Å²) in [5.41, 5.74) is 0.831. The Balaban J connectivity index is 2.06. The maximum atomic E-state index is 12.8. The average molecular weight is 397 g/mol. The summed E-state index contributed by atoms with van der Waals surface area (Å²) in [6.07, 6.45) is 0. The lowest BCUT2D eigenvalue weighted by Gasteiger charge is -2.18. The van der Waals surface area contributed by atoms with E-state index >= 15 is 0 Å². The predicted molar refractivity (Wildman–Crippen MR) is 108 cm³/mol. The molecule has 0 aliphatic heterocycles. The Morgan fingerprint density at radius 1 is 0.931 bits per heavy atom. The highest BCUT2D eigenvalue weighted by molar-refractivity contribution is 6.12. The van der Waals surface area contributed by atoms with Gasteiger partial charge in [0.2, 0.25) is 0 Å². The molecule has 29 heavy (non-hydrogen) atoms. The number of urea groups is 1. The molecule has 4 amide bonds. The first-order valence-electron chi connectivity index (χ1n) is 8.99. The minimum Gasteiger partial charge on any atom is -0.452 e. The Hall–Kier alpha value is -3.68. The van der Waals surface area contributed by atoms with Crippen molar-refractivity contribution in [1.29, 1.82) is 0 Å². The fourth-order valence-corrected chi connectivity index (χ4v) is 2.47. The highest BCUT2D eigenvalue weighted by Gasteiger charge is 2.22. The highest BCUT2D eigenvalue weighted by atomic mass is 16.5. The molecule has 0 saturated heterocycles. The van der Waals surface area contributed by atoms with Crippen molar-refractivity contribution in [3.63, 3.8) is 0 Å². The van der Waals surface area contributed by atoms with Crippen LogP contribution in [0.25, 0.3) is 0 Å². The van der Waals surface area contributed by atoms with Gasteiger partial charge in [-0.25, -0.2) is 9.59 Å². The molecule has 0 saturated carbocycles. The van der Waals surface area contributed by atoms with Gasteiger partial charge >= 0.3 is 12.0 Å². The van der Waals surface area contributed by atoms with Gasteiger partial charge in [-0.05, 0) is 38.1 Å². The fourth-order valence-electron chi connectivity index (χ4n) is 2.47. The molecule has 2 rings (SSSR count). The van der Waals surface area contributed by atoms with Gasteiger partial charge in [0.15, 0.2) is 6.61 Å². The van der Waals surface area contributed by atoms with Crippen molar-refractivity contribution in [2.75, 3.05) is 18.6 Å². The van der Waals surface area contributed by atoms with Crippen LogP contribution in [0.3, 0.4) is 0 Å². The van der Waals surface area contributed by atoms with E-state index in [-0.39, 0.29) is 17.2 Å². The topological polar surface area (TPSA) is 105 Å². The second kappa shape index (κ2) is 10.0. The third-order valence-electron chi connectivity index (χ3n) is 3.83. The minimum absolute atomic E-state index is 0.0275. The zero-order valence-electron chi connectivity index (χ0n) is 16.5. The Bertz CT molecular complexity index is 896. The van der Waals surface area contributed by atoms with Crippen LogP contribution in [0, 0.1) is 0 Å². The number of nitrogens with one attached hydrogen (secondary N) is 2. The van der Waals surface area contributed by atoms with E-state index in [1.165, 1.54) is 17.0 Å². The lowest BCUT2D eigenvalue weighted by atomic mass is 10.1. The number of hydrogen-bond acceptors (Lipinski definition) is 5. The fraction of sp³-hybridized carbons (Fsp3) is 0.238. The Labute approximate surface area is 168 Å². The number of amides is 4. The lowest BCUT2D eigenvalue weighted by Crippen LogP contribution is -2.44. The number of rotatable bonds is 6. The molecule has 0 aliphatic carbocycles. The van der Waals surface area contributed by atoms with E-state index in [9.17, 15) is 19.2 Å². The number of para-hydroxylation sites is 1. The molecule has 0 spiro atoms. The van der Waals surface area contributed by atoms with E-state index in [4.69, 9.17) is 4.74 Å². The molecule has 0 aliphatic rings. The van der Waals surface area contributed by atoms with Crippen LogP contribution in [0.15, 0.2) is 54.6 Å². The summed E-state index contributed by atoms with van der Waals surface area (Å²) < 4.78 is 4.97. The van der Waals surface area contributed by atoms with Gasteiger partial charge in [0.25, 0.3) is 11.8 Å². The molecule has 8 heteroatoms. The molecule has 2 N–H and O–H groups in total. The first-order valence-corrected chi connectivity index (χ1v) is 8.99. The maximum absolute atomic E-state index is 12.8. The van der Waals surface area contributed by atoms with Crippen LogP contribution in [0.5, 0.6) is 0 Å². The summed E-state index contributed by atoms with van der Waals surface area (Å²) in [4.78, 5) is 49.9. The summed E-state index contributed by atoms with van der Waals surface area (Å²) >= 11 is 0. The molecule has 0 fully saturated rings. The van der Waals surface area contributed by atoms with Gasteiger partial charge in [-0.2, -0.15) is 0 Å². The van der Waals surface area contributed by atoms with Crippen molar-refractivity contribution in [2.24, 2.45) is 0 Å². The zero-order chi connectivity index (χ0) is 21.4. The zero-order valence-corrected chi connectivity index (χ0v) is 16.5. The van der Waals surface area contributed by atoms with E-state index in [0.29, 0.717) is 5.69 Å².